The molecular weight excluding hydrogens is 661 g/mol. The summed E-state index contributed by atoms with van der Waals surface area (Å²) in [6, 6.07) is 19.9. The van der Waals surface area contributed by atoms with E-state index in [0.29, 0.717) is 23.6 Å². The average molecular weight is 709 g/mol. The van der Waals surface area contributed by atoms with E-state index in [-0.39, 0.29) is 46.8 Å². The fraction of sp³-hybridized carbons (Fsp3) is 0.450. The summed E-state index contributed by atoms with van der Waals surface area (Å²) in [5.41, 5.74) is 4.77. The molecule has 2 aromatic heterocycles. The van der Waals surface area contributed by atoms with Crippen molar-refractivity contribution in [1.82, 2.24) is 19.9 Å². The summed E-state index contributed by atoms with van der Waals surface area (Å²) in [5.74, 6) is 0.694. The molecule has 10 nitrogen and oxygen atoms in total. The Kier molecular flexibility index (Phi) is 9.06. The minimum Gasteiger partial charge on any atom is -0.475 e. The third-order valence-electron chi connectivity index (χ3n) is 10.8. The van der Waals surface area contributed by atoms with Gasteiger partial charge >= 0.3 is 0 Å². The fourth-order valence-corrected chi connectivity index (χ4v) is 8.95. The summed E-state index contributed by atoms with van der Waals surface area (Å²) in [7, 11) is -2.05. The molecular formula is C40H48N6O4S. The first-order valence-electron chi connectivity index (χ1n) is 17.9. The molecule has 1 amide bonds. The summed E-state index contributed by atoms with van der Waals surface area (Å²) in [6.45, 7) is 10.7. The van der Waals surface area contributed by atoms with Crippen molar-refractivity contribution in [1.29, 1.82) is 0 Å². The molecule has 2 saturated carbocycles. The summed E-state index contributed by atoms with van der Waals surface area (Å²) < 4.78 is 36.5. The Bertz CT molecular complexity index is 2050. The first-order valence-corrected chi connectivity index (χ1v) is 19.4. The maximum atomic E-state index is 14.6. The number of hydrogen-bond donors (Lipinski definition) is 1. The van der Waals surface area contributed by atoms with Gasteiger partial charge in [0.15, 0.2) is 0 Å². The lowest BCUT2D eigenvalue weighted by Gasteiger charge is -2.56. The van der Waals surface area contributed by atoms with Crippen molar-refractivity contribution in [3.05, 3.63) is 89.1 Å². The van der Waals surface area contributed by atoms with Crippen LogP contribution in [0, 0.1) is 24.7 Å². The molecule has 1 spiro atoms. The largest absolute Gasteiger partial charge is 0.475 e. The van der Waals surface area contributed by atoms with E-state index in [4.69, 9.17) is 9.72 Å². The number of rotatable bonds is 6. The smallest absolute Gasteiger partial charge is 0.264 e. The van der Waals surface area contributed by atoms with Gasteiger partial charge in [-0.25, -0.2) is 23.1 Å². The van der Waals surface area contributed by atoms with Crippen molar-refractivity contribution in [3.8, 4) is 17.1 Å². The number of pyridine rings is 1. The predicted octanol–water partition coefficient (Wildman–Crippen LogP) is 7.56. The molecule has 0 saturated heterocycles. The number of benzene rings is 2. The van der Waals surface area contributed by atoms with E-state index in [1.54, 1.807) is 23.1 Å². The van der Waals surface area contributed by atoms with Crippen molar-refractivity contribution < 1.29 is 17.9 Å². The Morgan fingerprint density at radius 2 is 1.67 bits per heavy atom. The highest BCUT2D eigenvalue weighted by Crippen LogP contribution is 2.57. The molecule has 1 aliphatic heterocycles. The normalized spacial score (nSPS) is 19.8. The molecule has 3 heterocycles. The number of aromatic nitrogens is 3. The van der Waals surface area contributed by atoms with Crippen LogP contribution >= 0.6 is 0 Å². The summed E-state index contributed by atoms with van der Waals surface area (Å²) >= 11 is 0. The van der Waals surface area contributed by atoms with Gasteiger partial charge in [0, 0.05) is 30.3 Å². The molecule has 3 aliphatic rings. The fourth-order valence-electron chi connectivity index (χ4n) is 7.96. The van der Waals surface area contributed by atoms with Crippen LogP contribution in [0.25, 0.3) is 11.3 Å². The molecule has 4 aromatic rings. The third-order valence-corrected chi connectivity index (χ3v) is 12.1. The zero-order valence-electron chi connectivity index (χ0n) is 30.4. The van der Waals surface area contributed by atoms with E-state index >= 15 is 0 Å². The quantitative estimate of drug-likeness (QED) is 0.218. The molecule has 2 aromatic carbocycles. The first kappa shape index (κ1) is 34.9. The Morgan fingerprint density at radius 1 is 0.961 bits per heavy atom. The van der Waals surface area contributed by atoms with Crippen LogP contribution in [-0.4, -0.2) is 59.9 Å². The van der Waals surface area contributed by atoms with Crippen LogP contribution in [0.3, 0.4) is 0 Å². The van der Waals surface area contributed by atoms with E-state index in [2.05, 4.69) is 47.4 Å². The van der Waals surface area contributed by atoms with E-state index in [9.17, 15) is 13.2 Å². The van der Waals surface area contributed by atoms with E-state index in [1.807, 2.05) is 50.2 Å². The van der Waals surface area contributed by atoms with Gasteiger partial charge in [-0.15, -0.1) is 0 Å². The molecule has 1 N–H and O–H groups in total. The van der Waals surface area contributed by atoms with Gasteiger partial charge in [0.05, 0.1) is 28.9 Å². The molecule has 0 unspecified atom stereocenters. The zero-order valence-corrected chi connectivity index (χ0v) is 31.3. The molecule has 11 heteroatoms. The molecule has 268 valence electrons. The molecule has 1 atom stereocenters. The molecule has 0 radical (unpaired) electrons. The second kappa shape index (κ2) is 13.2. The van der Waals surface area contributed by atoms with Gasteiger partial charge in [-0.3, -0.25) is 4.79 Å². The van der Waals surface area contributed by atoms with Crippen LogP contribution < -0.4 is 14.4 Å². The van der Waals surface area contributed by atoms with E-state index in [0.717, 1.165) is 28.2 Å². The van der Waals surface area contributed by atoms with Crippen molar-refractivity contribution in [2.24, 2.45) is 10.8 Å². The Balaban J connectivity index is 1.28. The zero-order chi connectivity index (χ0) is 36.1. The Hall–Kier alpha value is -4.51. The van der Waals surface area contributed by atoms with Gasteiger partial charge in [-0.05, 0) is 98.2 Å². The number of amides is 1. The van der Waals surface area contributed by atoms with Crippen molar-refractivity contribution in [2.45, 2.75) is 96.7 Å². The number of carbonyl (C=O) groups excluding carboxylic acids is 1. The van der Waals surface area contributed by atoms with Crippen LogP contribution in [0.1, 0.15) is 86.5 Å². The third kappa shape index (κ3) is 7.31. The highest BCUT2D eigenvalue weighted by Gasteiger charge is 2.49. The monoisotopic (exact) mass is 708 g/mol. The van der Waals surface area contributed by atoms with Crippen LogP contribution in [0.5, 0.6) is 5.88 Å². The number of nitrogens with one attached hydrogen (secondary N) is 1. The molecule has 4 bridgehead atoms. The highest BCUT2D eigenvalue weighted by molar-refractivity contribution is 7.92. The van der Waals surface area contributed by atoms with Gasteiger partial charge in [0.25, 0.3) is 15.9 Å². The van der Waals surface area contributed by atoms with E-state index in [1.165, 1.54) is 44.2 Å². The Labute approximate surface area is 301 Å². The van der Waals surface area contributed by atoms with Gasteiger partial charge in [0.2, 0.25) is 11.8 Å². The SMILES string of the molecule is Cc1cccc(C)c1-c1cc2nc(n1)NS(=O)(=O)c1cccc(c1)C(=O)N(Cc1cccc(N(C)C3CC4(CCC4)C3)n1)[C@H](CC(C)(C)C)CO2. The topological polar surface area (TPSA) is 118 Å². The molecule has 7 rings (SSSR count). The van der Waals surface area contributed by atoms with Crippen LogP contribution in [0.4, 0.5) is 11.8 Å². The maximum Gasteiger partial charge on any atom is 0.264 e. The minimum atomic E-state index is -4.17. The maximum absolute atomic E-state index is 14.6. The average Bonchev–Trinajstić information content (AvgIpc) is 3.03. The summed E-state index contributed by atoms with van der Waals surface area (Å²) in [4.78, 5) is 32.8. The Morgan fingerprint density at radius 3 is 2.35 bits per heavy atom. The first-order chi connectivity index (χ1) is 24.2. The lowest BCUT2D eigenvalue weighted by atomic mass is 9.54. The second-order valence-electron chi connectivity index (χ2n) is 16.0. The van der Waals surface area contributed by atoms with Crippen molar-refractivity contribution in [2.75, 3.05) is 23.3 Å². The lowest BCUT2D eigenvalue weighted by Crippen LogP contribution is -2.53. The predicted molar refractivity (Wildman–Crippen MR) is 199 cm³/mol. The van der Waals surface area contributed by atoms with Crippen molar-refractivity contribution in [3.63, 3.8) is 0 Å². The summed E-state index contributed by atoms with van der Waals surface area (Å²) in [6.07, 6.45) is 7.02. The highest BCUT2D eigenvalue weighted by atomic mass is 32.2. The van der Waals surface area contributed by atoms with Crippen molar-refractivity contribution >= 4 is 27.7 Å². The van der Waals surface area contributed by atoms with Gasteiger partial charge in [-0.2, -0.15) is 4.98 Å². The number of fused-ring (bicyclic) bond motifs is 4. The summed E-state index contributed by atoms with van der Waals surface area (Å²) in [5, 5.41) is 0. The number of nitrogens with zero attached hydrogens (tertiary/aromatic N) is 5. The second-order valence-corrected chi connectivity index (χ2v) is 17.7. The lowest BCUT2D eigenvalue weighted by molar-refractivity contribution is 0.0102. The molecule has 2 fully saturated rings. The van der Waals surface area contributed by atoms with Gasteiger partial charge in [0.1, 0.15) is 12.4 Å². The van der Waals surface area contributed by atoms with E-state index < -0.39 is 16.1 Å². The van der Waals surface area contributed by atoms with Crippen LogP contribution in [0.2, 0.25) is 0 Å². The minimum absolute atomic E-state index is 0.0602. The van der Waals surface area contributed by atoms with Gasteiger partial charge < -0.3 is 14.5 Å². The number of sulfonamides is 1. The van der Waals surface area contributed by atoms with Crippen LogP contribution in [-0.2, 0) is 16.6 Å². The van der Waals surface area contributed by atoms with Crippen LogP contribution in [0.15, 0.2) is 71.6 Å². The van der Waals surface area contributed by atoms with Gasteiger partial charge in [-0.1, -0.05) is 57.5 Å². The number of carbonyl (C=O) groups is 1. The number of hydrogen-bond acceptors (Lipinski definition) is 8. The number of ether oxygens (including phenoxy) is 1. The molecule has 51 heavy (non-hydrogen) atoms. The number of anilines is 2. The number of aryl methyl sites for hydroxylation is 2. The molecule has 2 aliphatic carbocycles. The standard InChI is InChI=1S/C40H48N6O4S/c1-26-11-7-12-27(2)36(26)33-20-35-43-38(42-33)44-51(48,49)32-15-8-13-28(19-32)37(47)46(31(25-50-35)21-39(3,4)5)24-29-14-9-16-34(41-29)45(6)30-22-40(23-30)17-10-18-40/h7-9,11-16,19-20,30-31H,10,17-18,21-25H2,1-6H3,(H,42,43,44)/t31-/m1/s1.